The molecule has 0 atom stereocenters. The molecule has 5 nitrogen and oxygen atoms in total. The minimum Gasteiger partial charge on any atom is -0.395 e. The summed E-state index contributed by atoms with van der Waals surface area (Å²) in [6, 6.07) is 5.32. The fourth-order valence-corrected chi connectivity index (χ4v) is 2.94. The van der Waals surface area contributed by atoms with Gasteiger partial charge in [-0.2, -0.15) is 0 Å². The summed E-state index contributed by atoms with van der Waals surface area (Å²) in [5.74, 6) is -1.35. The van der Waals surface area contributed by atoms with Gasteiger partial charge in [0.25, 0.3) is 0 Å². The minimum absolute atomic E-state index is 0.0597. The zero-order chi connectivity index (χ0) is 14.9. The summed E-state index contributed by atoms with van der Waals surface area (Å²) in [6.45, 7) is 4.22. The summed E-state index contributed by atoms with van der Waals surface area (Å²) < 4.78 is 0. The first-order valence-electron chi connectivity index (χ1n) is 6.38. The van der Waals surface area contributed by atoms with Gasteiger partial charge in [0.05, 0.1) is 6.61 Å². The maximum atomic E-state index is 12.2. The van der Waals surface area contributed by atoms with Crippen molar-refractivity contribution in [2.45, 2.75) is 19.3 Å². The predicted octanol–water partition coefficient (Wildman–Crippen LogP) is 1.07. The van der Waals surface area contributed by atoms with Crippen molar-refractivity contribution in [2.24, 2.45) is 0 Å². The standard InChI is InChI=1S/C14H17ClN2O3/c1-14(2)8-17(13(20)12(19)16-6-7-18)10-5-3-4-9(15)11(10)14/h3-5,18H,6-8H2,1-2H3,(H,16,19). The van der Waals surface area contributed by atoms with Crippen LogP contribution in [0.4, 0.5) is 5.69 Å². The van der Waals surface area contributed by atoms with Crippen LogP contribution in [0, 0.1) is 0 Å². The van der Waals surface area contributed by atoms with Crippen LogP contribution in [-0.2, 0) is 15.0 Å². The highest BCUT2D eigenvalue weighted by molar-refractivity contribution is 6.41. The molecule has 0 saturated heterocycles. The number of nitrogens with zero attached hydrogens (tertiary/aromatic N) is 1. The van der Waals surface area contributed by atoms with Crippen molar-refractivity contribution in [3.05, 3.63) is 28.8 Å². The molecule has 1 aromatic carbocycles. The second-order valence-corrected chi connectivity index (χ2v) is 5.80. The summed E-state index contributed by atoms with van der Waals surface area (Å²) in [7, 11) is 0. The van der Waals surface area contributed by atoms with Gasteiger partial charge in [-0.25, -0.2) is 0 Å². The largest absolute Gasteiger partial charge is 0.395 e. The molecule has 1 aliphatic rings. The van der Waals surface area contributed by atoms with Crippen LogP contribution in [0.1, 0.15) is 19.4 Å². The first-order chi connectivity index (χ1) is 9.38. The average Bonchev–Trinajstić information content (AvgIpc) is 2.68. The Hall–Kier alpha value is -1.59. The molecule has 0 spiro atoms. The lowest BCUT2D eigenvalue weighted by molar-refractivity contribution is -0.137. The number of halogens is 1. The lowest BCUT2D eigenvalue weighted by atomic mass is 9.87. The molecule has 0 fully saturated rings. The highest BCUT2D eigenvalue weighted by Gasteiger charge is 2.41. The number of amides is 2. The van der Waals surface area contributed by atoms with Gasteiger partial charge in [0.2, 0.25) is 0 Å². The molecule has 108 valence electrons. The maximum Gasteiger partial charge on any atom is 0.316 e. The van der Waals surface area contributed by atoms with Crippen LogP contribution < -0.4 is 10.2 Å². The molecular formula is C14H17ClN2O3. The van der Waals surface area contributed by atoms with E-state index in [2.05, 4.69) is 5.32 Å². The quantitative estimate of drug-likeness (QED) is 0.802. The zero-order valence-corrected chi connectivity index (χ0v) is 12.2. The number of benzene rings is 1. The number of aliphatic hydroxyl groups excluding tert-OH is 1. The van der Waals surface area contributed by atoms with E-state index >= 15 is 0 Å². The Balaban J connectivity index is 2.31. The molecule has 2 amide bonds. The van der Waals surface area contributed by atoms with Crippen LogP contribution in [0.25, 0.3) is 0 Å². The predicted molar refractivity (Wildman–Crippen MR) is 76.9 cm³/mol. The van der Waals surface area contributed by atoms with Crippen LogP contribution in [0.15, 0.2) is 18.2 Å². The number of carbonyl (C=O) groups is 2. The first-order valence-corrected chi connectivity index (χ1v) is 6.76. The summed E-state index contributed by atoms with van der Waals surface area (Å²) in [5, 5.41) is 11.6. The van der Waals surface area contributed by atoms with Crippen molar-refractivity contribution in [1.29, 1.82) is 0 Å². The van der Waals surface area contributed by atoms with Gasteiger partial charge in [-0.1, -0.05) is 31.5 Å². The van der Waals surface area contributed by atoms with E-state index < -0.39 is 11.8 Å². The lowest BCUT2D eigenvalue weighted by Gasteiger charge is -2.20. The van der Waals surface area contributed by atoms with Gasteiger partial charge >= 0.3 is 11.8 Å². The molecule has 2 N–H and O–H groups in total. The Labute approximate surface area is 122 Å². The van der Waals surface area contributed by atoms with Crippen LogP contribution in [0.3, 0.4) is 0 Å². The number of anilines is 1. The van der Waals surface area contributed by atoms with E-state index in [1.54, 1.807) is 18.2 Å². The maximum absolute atomic E-state index is 12.2. The van der Waals surface area contributed by atoms with Gasteiger partial charge in [0.1, 0.15) is 0 Å². The molecule has 1 heterocycles. The van der Waals surface area contributed by atoms with E-state index in [9.17, 15) is 9.59 Å². The van der Waals surface area contributed by atoms with Gasteiger partial charge in [-0.05, 0) is 12.1 Å². The summed E-state index contributed by atoms with van der Waals surface area (Å²) in [5.41, 5.74) is 1.25. The third-order valence-corrected chi connectivity index (χ3v) is 3.66. The van der Waals surface area contributed by atoms with E-state index in [4.69, 9.17) is 16.7 Å². The second kappa shape index (κ2) is 5.42. The molecular weight excluding hydrogens is 280 g/mol. The molecule has 0 radical (unpaired) electrons. The van der Waals surface area contributed by atoms with Gasteiger partial charge in [0.15, 0.2) is 0 Å². The van der Waals surface area contributed by atoms with E-state index in [-0.39, 0.29) is 18.6 Å². The van der Waals surface area contributed by atoms with E-state index in [1.165, 1.54) is 4.90 Å². The third kappa shape index (κ3) is 2.51. The topological polar surface area (TPSA) is 69.6 Å². The van der Waals surface area contributed by atoms with Crippen LogP contribution >= 0.6 is 11.6 Å². The average molecular weight is 297 g/mol. The fourth-order valence-electron chi connectivity index (χ4n) is 2.52. The van der Waals surface area contributed by atoms with Gasteiger partial charge < -0.3 is 15.3 Å². The SMILES string of the molecule is CC1(C)CN(C(=O)C(=O)NCCO)c2cccc(Cl)c21. The zero-order valence-electron chi connectivity index (χ0n) is 11.4. The van der Waals surface area contributed by atoms with E-state index in [0.29, 0.717) is 17.3 Å². The minimum atomic E-state index is -0.720. The number of aliphatic hydroxyl groups is 1. The number of fused-ring (bicyclic) bond motifs is 1. The number of hydrogen-bond acceptors (Lipinski definition) is 3. The summed E-state index contributed by atoms with van der Waals surface area (Å²) in [6.07, 6.45) is 0. The molecule has 0 unspecified atom stereocenters. The van der Waals surface area contributed by atoms with Crippen molar-refractivity contribution < 1.29 is 14.7 Å². The number of hydrogen-bond donors (Lipinski definition) is 2. The second-order valence-electron chi connectivity index (χ2n) is 5.39. The fraction of sp³-hybridized carbons (Fsp3) is 0.429. The van der Waals surface area contributed by atoms with Crippen molar-refractivity contribution in [1.82, 2.24) is 5.32 Å². The molecule has 1 aliphatic heterocycles. The molecule has 20 heavy (non-hydrogen) atoms. The molecule has 0 aliphatic carbocycles. The highest BCUT2D eigenvalue weighted by Crippen LogP contribution is 2.44. The Kier molecular flexibility index (Phi) is 4.01. The Morgan fingerprint density at radius 3 is 2.80 bits per heavy atom. The number of nitrogens with one attached hydrogen (secondary N) is 1. The number of carbonyl (C=O) groups excluding carboxylic acids is 2. The monoisotopic (exact) mass is 296 g/mol. The van der Waals surface area contributed by atoms with E-state index in [1.807, 2.05) is 13.8 Å². The molecule has 0 bridgehead atoms. The molecule has 0 aromatic heterocycles. The normalized spacial score (nSPS) is 15.9. The Morgan fingerprint density at radius 2 is 2.15 bits per heavy atom. The Bertz CT molecular complexity index is 557. The van der Waals surface area contributed by atoms with Crippen LogP contribution in [0.5, 0.6) is 0 Å². The highest BCUT2D eigenvalue weighted by atomic mass is 35.5. The van der Waals surface area contributed by atoms with Gasteiger partial charge in [-0.3, -0.25) is 9.59 Å². The smallest absolute Gasteiger partial charge is 0.316 e. The van der Waals surface area contributed by atoms with Crippen molar-refractivity contribution in [3.63, 3.8) is 0 Å². The summed E-state index contributed by atoms with van der Waals surface area (Å²) in [4.78, 5) is 25.4. The van der Waals surface area contributed by atoms with Crippen molar-refractivity contribution in [2.75, 3.05) is 24.6 Å². The molecule has 0 saturated carbocycles. The van der Waals surface area contributed by atoms with Crippen molar-refractivity contribution >= 4 is 29.1 Å². The van der Waals surface area contributed by atoms with Crippen molar-refractivity contribution in [3.8, 4) is 0 Å². The molecule has 2 rings (SSSR count). The van der Waals surface area contributed by atoms with E-state index in [0.717, 1.165) is 5.56 Å². The molecule has 6 heteroatoms. The summed E-state index contributed by atoms with van der Waals surface area (Å²) >= 11 is 6.22. The van der Waals surface area contributed by atoms with Gasteiger partial charge in [-0.15, -0.1) is 0 Å². The number of rotatable bonds is 2. The van der Waals surface area contributed by atoms with Gasteiger partial charge in [0, 0.05) is 34.8 Å². The molecule has 1 aromatic rings. The van der Waals surface area contributed by atoms with Crippen LogP contribution in [0.2, 0.25) is 5.02 Å². The van der Waals surface area contributed by atoms with Crippen LogP contribution in [-0.4, -0.2) is 36.6 Å². The lowest BCUT2D eigenvalue weighted by Crippen LogP contribution is -2.44. The third-order valence-electron chi connectivity index (χ3n) is 3.35. The first kappa shape index (κ1) is 14.8. The Morgan fingerprint density at radius 1 is 1.45 bits per heavy atom.